The van der Waals surface area contributed by atoms with Crippen LogP contribution in [0.25, 0.3) is 22.0 Å². The number of carbonyl (C=O) groups is 2. The van der Waals surface area contributed by atoms with E-state index >= 15 is 0 Å². The van der Waals surface area contributed by atoms with Crippen LogP contribution in [0.1, 0.15) is 24.0 Å². The normalized spacial score (nSPS) is 14.1. The molecule has 1 aliphatic heterocycles. The van der Waals surface area contributed by atoms with Crippen molar-refractivity contribution in [2.75, 3.05) is 0 Å². The van der Waals surface area contributed by atoms with E-state index in [9.17, 15) is 9.59 Å². The van der Waals surface area contributed by atoms with Crippen LogP contribution < -0.4 is 5.32 Å². The van der Waals surface area contributed by atoms with Crippen LogP contribution in [-0.4, -0.2) is 16.4 Å². The second-order valence-electron chi connectivity index (χ2n) is 6.11. The molecule has 0 aliphatic carbocycles. The smallest absolute Gasteiger partial charge is 0.259 e. The van der Waals surface area contributed by atoms with Gasteiger partial charge in [0.05, 0.1) is 11.1 Å². The van der Waals surface area contributed by atoms with Crippen LogP contribution in [0.2, 0.25) is 0 Å². The van der Waals surface area contributed by atoms with Crippen molar-refractivity contribution in [2.24, 2.45) is 0 Å². The molecule has 4 rings (SSSR count). The molecule has 2 amide bonds. The second-order valence-corrected chi connectivity index (χ2v) is 6.89. The van der Waals surface area contributed by atoms with Gasteiger partial charge in [0.15, 0.2) is 0 Å². The topological polar surface area (TPSA) is 51.1 Å². The summed E-state index contributed by atoms with van der Waals surface area (Å²) >= 11 is 1.50. The standard InChI is InChI=1S/C21H16N2O2S/c1-2-3-6-10-23-12-16(15-7-4-5-8-17(15)23)19-18(14-9-11-26-13-14)20(24)22-21(19)25/h1,4-5,7-9,11-13H,3,6,10H2,(H,22,24,25). The van der Waals surface area contributed by atoms with Crippen LogP contribution in [-0.2, 0) is 16.1 Å². The summed E-state index contributed by atoms with van der Waals surface area (Å²) in [5.74, 6) is 1.97. The first-order valence-corrected chi connectivity index (χ1v) is 9.29. The minimum atomic E-state index is -0.345. The van der Waals surface area contributed by atoms with Crippen LogP contribution in [0.15, 0.2) is 47.3 Å². The first kappa shape index (κ1) is 16.4. The second kappa shape index (κ2) is 6.66. The Bertz CT molecular complexity index is 1080. The molecular weight excluding hydrogens is 344 g/mol. The fourth-order valence-corrected chi connectivity index (χ4v) is 4.02. The first-order valence-electron chi connectivity index (χ1n) is 8.35. The Morgan fingerprint density at radius 3 is 2.69 bits per heavy atom. The molecule has 0 atom stereocenters. The maximum atomic E-state index is 12.6. The zero-order valence-electron chi connectivity index (χ0n) is 14.0. The zero-order chi connectivity index (χ0) is 18.1. The summed E-state index contributed by atoms with van der Waals surface area (Å²) in [5.41, 5.74) is 3.48. The molecule has 3 heterocycles. The summed E-state index contributed by atoms with van der Waals surface area (Å²) in [5, 5.41) is 7.20. The summed E-state index contributed by atoms with van der Waals surface area (Å²) in [4.78, 5) is 25.0. The lowest BCUT2D eigenvalue weighted by Gasteiger charge is -2.02. The van der Waals surface area contributed by atoms with Crippen molar-refractivity contribution in [1.82, 2.24) is 9.88 Å². The molecule has 3 aromatic rings. The number of hydrogen-bond acceptors (Lipinski definition) is 3. The molecule has 26 heavy (non-hydrogen) atoms. The van der Waals surface area contributed by atoms with Crippen molar-refractivity contribution >= 4 is 45.2 Å². The molecule has 0 spiro atoms. The maximum Gasteiger partial charge on any atom is 0.259 e. The SMILES string of the molecule is C#CCCCn1cc(C2=C(c3ccsc3)C(=O)NC2=O)c2ccccc21. The summed E-state index contributed by atoms with van der Waals surface area (Å²) in [7, 11) is 0. The number of nitrogens with one attached hydrogen (secondary N) is 1. The molecule has 0 fully saturated rings. The van der Waals surface area contributed by atoms with Crippen LogP contribution in [0.3, 0.4) is 0 Å². The Morgan fingerprint density at radius 1 is 1.12 bits per heavy atom. The number of hydrogen-bond donors (Lipinski definition) is 1. The van der Waals surface area contributed by atoms with E-state index < -0.39 is 0 Å². The van der Waals surface area contributed by atoms with E-state index in [1.54, 1.807) is 0 Å². The van der Waals surface area contributed by atoms with Gasteiger partial charge < -0.3 is 4.57 Å². The fourth-order valence-electron chi connectivity index (χ4n) is 3.38. The number of fused-ring (bicyclic) bond motifs is 1. The largest absolute Gasteiger partial charge is 0.347 e. The number of aromatic nitrogens is 1. The number of thiophene rings is 1. The Morgan fingerprint density at radius 2 is 1.92 bits per heavy atom. The molecule has 0 radical (unpaired) electrons. The lowest BCUT2D eigenvalue weighted by molar-refractivity contribution is -0.122. The minimum Gasteiger partial charge on any atom is -0.347 e. The molecule has 0 saturated carbocycles. The number of benzene rings is 1. The van der Waals surface area contributed by atoms with Crippen molar-refractivity contribution in [3.8, 4) is 12.3 Å². The van der Waals surface area contributed by atoms with Gasteiger partial charge in [0, 0.05) is 35.6 Å². The molecule has 1 aromatic carbocycles. The molecule has 2 aromatic heterocycles. The predicted molar refractivity (Wildman–Crippen MR) is 104 cm³/mol. The van der Waals surface area contributed by atoms with Gasteiger partial charge in [-0.15, -0.1) is 12.3 Å². The number of terminal acetylenes is 1. The van der Waals surface area contributed by atoms with E-state index in [0.29, 0.717) is 17.6 Å². The maximum absolute atomic E-state index is 12.6. The van der Waals surface area contributed by atoms with Crippen molar-refractivity contribution in [3.05, 3.63) is 58.4 Å². The third kappa shape index (κ3) is 2.65. The molecular formula is C21H16N2O2S. The fraction of sp³-hybridized carbons (Fsp3) is 0.143. The van der Waals surface area contributed by atoms with Crippen LogP contribution >= 0.6 is 11.3 Å². The van der Waals surface area contributed by atoms with E-state index in [1.807, 2.05) is 47.3 Å². The highest BCUT2D eigenvalue weighted by Gasteiger charge is 2.33. The number of rotatable bonds is 5. The van der Waals surface area contributed by atoms with Crippen molar-refractivity contribution in [2.45, 2.75) is 19.4 Å². The Labute approximate surface area is 155 Å². The number of nitrogens with zero attached hydrogens (tertiary/aromatic N) is 1. The van der Waals surface area contributed by atoms with Gasteiger partial charge in [0.1, 0.15) is 0 Å². The van der Waals surface area contributed by atoms with Gasteiger partial charge in [-0.05, 0) is 34.9 Å². The van der Waals surface area contributed by atoms with Gasteiger partial charge >= 0.3 is 0 Å². The average Bonchev–Trinajstić information content (AvgIpc) is 3.33. The molecule has 1 aliphatic rings. The number of imide groups is 1. The van der Waals surface area contributed by atoms with Gasteiger partial charge in [-0.3, -0.25) is 14.9 Å². The highest BCUT2D eigenvalue weighted by atomic mass is 32.1. The van der Waals surface area contributed by atoms with E-state index in [2.05, 4.69) is 15.8 Å². The first-order chi connectivity index (χ1) is 12.7. The quantitative estimate of drug-likeness (QED) is 0.429. The summed E-state index contributed by atoms with van der Waals surface area (Å²) in [6.45, 7) is 0.765. The highest BCUT2D eigenvalue weighted by Crippen LogP contribution is 2.36. The minimum absolute atomic E-state index is 0.340. The van der Waals surface area contributed by atoms with E-state index in [-0.39, 0.29) is 11.8 Å². The van der Waals surface area contributed by atoms with Gasteiger partial charge in [0.2, 0.25) is 0 Å². The molecule has 0 bridgehead atoms. The number of carbonyl (C=O) groups excluding carboxylic acids is 2. The van der Waals surface area contributed by atoms with E-state index in [0.717, 1.165) is 35.0 Å². The molecule has 1 N–H and O–H groups in total. The highest BCUT2D eigenvalue weighted by molar-refractivity contribution is 7.08. The average molecular weight is 360 g/mol. The third-order valence-corrected chi connectivity index (χ3v) is 5.20. The number of unbranched alkanes of at least 4 members (excludes halogenated alkanes) is 1. The molecule has 128 valence electrons. The van der Waals surface area contributed by atoms with Crippen LogP contribution in [0.5, 0.6) is 0 Å². The lowest BCUT2D eigenvalue weighted by Crippen LogP contribution is -2.22. The van der Waals surface area contributed by atoms with Gasteiger partial charge in [-0.2, -0.15) is 11.3 Å². The molecule has 0 unspecified atom stereocenters. The summed E-state index contributed by atoms with van der Waals surface area (Å²) < 4.78 is 2.11. The van der Waals surface area contributed by atoms with Gasteiger partial charge in [0.25, 0.3) is 11.8 Å². The number of para-hydroxylation sites is 1. The van der Waals surface area contributed by atoms with Gasteiger partial charge in [-0.25, -0.2) is 0 Å². The Balaban J connectivity index is 1.92. The third-order valence-electron chi connectivity index (χ3n) is 4.52. The van der Waals surface area contributed by atoms with Crippen molar-refractivity contribution < 1.29 is 9.59 Å². The summed E-state index contributed by atoms with van der Waals surface area (Å²) in [6, 6.07) is 9.78. The Kier molecular flexibility index (Phi) is 4.19. The molecule has 4 nitrogen and oxygen atoms in total. The van der Waals surface area contributed by atoms with E-state index in [1.165, 1.54) is 11.3 Å². The zero-order valence-corrected chi connectivity index (χ0v) is 14.8. The molecule has 5 heteroatoms. The molecule has 0 saturated heterocycles. The van der Waals surface area contributed by atoms with Crippen LogP contribution in [0, 0.1) is 12.3 Å². The predicted octanol–water partition coefficient (Wildman–Crippen LogP) is 3.68. The number of amides is 2. The monoisotopic (exact) mass is 360 g/mol. The lowest BCUT2D eigenvalue weighted by atomic mass is 9.97. The Hall–Kier alpha value is -3.10. The van der Waals surface area contributed by atoms with Gasteiger partial charge in [-0.1, -0.05) is 18.2 Å². The van der Waals surface area contributed by atoms with Crippen molar-refractivity contribution in [1.29, 1.82) is 0 Å². The van der Waals surface area contributed by atoms with Crippen LogP contribution in [0.4, 0.5) is 0 Å². The van der Waals surface area contributed by atoms with E-state index in [4.69, 9.17) is 6.42 Å². The van der Waals surface area contributed by atoms with Crippen molar-refractivity contribution in [3.63, 3.8) is 0 Å². The summed E-state index contributed by atoms with van der Waals surface area (Å²) in [6.07, 6.45) is 8.87. The number of aryl methyl sites for hydroxylation is 1.